The number of nitrogens with two attached hydrogens (primary N) is 2. The van der Waals surface area contributed by atoms with Gasteiger partial charge in [-0.3, -0.25) is 33.6 Å². The van der Waals surface area contributed by atoms with Gasteiger partial charge in [-0.1, -0.05) is 68.2 Å². The molecule has 1 saturated heterocycles. The predicted molar refractivity (Wildman–Crippen MR) is 213 cm³/mol. The van der Waals surface area contributed by atoms with Crippen LogP contribution in [0.5, 0.6) is 0 Å². The Balaban J connectivity index is 3.29. The van der Waals surface area contributed by atoms with E-state index in [9.17, 15) is 48.6 Å². The first-order chi connectivity index (χ1) is 26.7. The van der Waals surface area contributed by atoms with Gasteiger partial charge < -0.3 is 53.2 Å². The molecule has 18 heteroatoms. The molecule has 11 N–H and O–H groups in total. The van der Waals surface area contributed by atoms with Crippen LogP contribution in [-0.4, -0.2) is 118 Å². The maximum Gasteiger partial charge on any atom is 0.326 e. The molecule has 0 aromatic carbocycles. The van der Waals surface area contributed by atoms with Crippen LogP contribution < -0.4 is 38.1 Å². The molecular weight excluding hydrogens is 740 g/mol. The maximum atomic E-state index is 13.9. The summed E-state index contributed by atoms with van der Waals surface area (Å²) < 4.78 is 0. The molecule has 0 aromatic heterocycles. The Morgan fingerprint density at radius 3 is 1.75 bits per heavy atom. The van der Waals surface area contributed by atoms with Gasteiger partial charge >= 0.3 is 11.9 Å². The van der Waals surface area contributed by atoms with Crippen LogP contribution in [0, 0.1) is 23.7 Å². The summed E-state index contributed by atoms with van der Waals surface area (Å²) in [6.07, 6.45) is 2.57. The second kappa shape index (κ2) is 25.1. The summed E-state index contributed by atoms with van der Waals surface area (Å²) in [5, 5.41) is 32.4. The number of likely N-dealkylation sites (tertiary alicyclic amines) is 1. The van der Waals surface area contributed by atoms with E-state index in [4.69, 9.17) is 11.5 Å². The fraction of sp³-hybridized carbons (Fsp3) is 0.795. The molecule has 6 amide bonds. The molecule has 0 saturated carbocycles. The standard InChI is InChI=1S/C39H70N8O10/c1-9-23(7)31(37(54)46-32(39(56)57)24(8)10-2)45-35(52)27(19-22(5)6)43-34(51)28(20-30(48)49)44-36(53)29-15-13-17-47(29)38(55)26(14-11-12-16-40)42-33(50)25(41)18-21(3)4/h21-29,31-32H,9-20,40-41H2,1-8H3,(H,42,50)(H,43,51)(H,44,53)(H,45,52)(H,46,54)(H,48,49)(H,56,57)/t23-,24-,25-,26-,27-,28-,29-,31-,32-/m0/s1. The van der Waals surface area contributed by atoms with Crippen molar-refractivity contribution in [3.8, 4) is 0 Å². The highest BCUT2D eigenvalue weighted by atomic mass is 16.4. The first-order valence-electron chi connectivity index (χ1n) is 20.4. The normalized spacial score (nSPS) is 18.3. The van der Waals surface area contributed by atoms with Crippen LogP contribution >= 0.6 is 0 Å². The summed E-state index contributed by atoms with van der Waals surface area (Å²) in [6.45, 7) is 15.0. The van der Waals surface area contributed by atoms with Crippen molar-refractivity contribution in [2.45, 2.75) is 162 Å². The van der Waals surface area contributed by atoms with E-state index in [1.807, 2.05) is 13.8 Å². The fourth-order valence-electron chi connectivity index (χ4n) is 6.66. The van der Waals surface area contributed by atoms with Crippen LogP contribution in [0.25, 0.3) is 0 Å². The minimum atomic E-state index is -1.65. The molecule has 0 aliphatic carbocycles. The van der Waals surface area contributed by atoms with Crippen LogP contribution in [0.1, 0.15) is 120 Å². The van der Waals surface area contributed by atoms with Crippen molar-refractivity contribution in [3.05, 3.63) is 0 Å². The third-order valence-electron chi connectivity index (χ3n) is 10.4. The SMILES string of the molecule is CC[C@H](C)[C@H](NC(=O)[C@@H](NC(=O)[C@H](CC(C)C)NC(=O)[C@H](CC(=O)O)NC(=O)[C@@H]1CCCN1C(=O)[C@H](CCCCN)NC(=O)[C@@H](N)CC(C)C)[C@@H](C)CC)C(=O)O. The number of carbonyl (C=O) groups is 8. The molecule has 1 heterocycles. The monoisotopic (exact) mass is 811 g/mol. The van der Waals surface area contributed by atoms with E-state index < -0.39 is 108 Å². The summed E-state index contributed by atoms with van der Waals surface area (Å²) in [6, 6.07) is -8.18. The van der Waals surface area contributed by atoms with Crippen molar-refractivity contribution in [2.75, 3.05) is 13.1 Å². The highest BCUT2D eigenvalue weighted by molar-refractivity contribution is 5.98. The topological polar surface area (TPSA) is 292 Å². The van der Waals surface area contributed by atoms with Gasteiger partial charge in [0.25, 0.3) is 0 Å². The third kappa shape index (κ3) is 17.0. The molecule has 0 radical (unpaired) electrons. The number of nitrogens with zero attached hydrogens (tertiary/aromatic N) is 1. The van der Waals surface area contributed by atoms with Crippen molar-refractivity contribution < 1.29 is 48.6 Å². The molecule has 0 aromatic rings. The predicted octanol–water partition coefficient (Wildman–Crippen LogP) is 0.601. The molecule has 57 heavy (non-hydrogen) atoms. The van der Waals surface area contributed by atoms with Gasteiger partial charge in [-0.25, -0.2) is 4.79 Å². The Morgan fingerprint density at radius 2 is 1.23 bits per heavy atom. The number of nitrogens with one attached hydrogen (secondary N) is 5. The van der Waals surface area contributed by atoms with Gasteiger partial charge in [0.15, 0.2) is 0 Å². The van der Waals surface area contributed by atoms with Crippen LogP contribution in [0.2, 0.25) is 0 Å². The van der Waals surface area contributed by atoms with Gasteiger partial charge in [0, 0.05) is 6.54 Å². The number of aliphatic carboxylic acids is 2. The molecule has 9 atom stereocenters. The van der Waals surface area contributed by atoms with Crippen molar-refractivity contribution in [2.24, 2.45) is 35.1 Å². The number of hydrogen-bond acceptors (Lipinski definition) is 10. The summed E-state index contributed by atoms with van der Waals surface area (Å²) in [5.41, 5.74) is 11.7. The molecule has 0 bridgehead atoms. The Morgan fingerprint density at radius 1 is 0.684 bits per heavy atom. The lowest BCUT2D eigenvalue weighted by atomic mass is 9.94. The van der Waals surface area contributed by atoms with E-state index in [0.29, 0.717) is 45.1 Å². The van der Waals surface area contributed by atoms with Crippen molar-refractivity contribution in [3.63, 3.8) is 0 Å². The zero-order valence-corrected chi connectivity index (χ0v) is 35.1. The number of carbonyl (C=O) groups excluding carboxylic acids is 6. The van der Waals surface area contributed by atoms with Gasteiger partial charge in [0.05, 0.1) is 12.5 Å². The van der Waals surface area contributed by atoms with Gasteiger partial charge in [-0.2, -0.15) is 0 Å². The Kier molecular flexibility index (Phi) is 22.4. The molecule has 326 valence electrons. The number of carboxylic acid groups (broad SMARTS) is 2. The van der Waals surface area contributed by atoms with E-state index in [2.05, 4.69) is 26.6 Å². The molecule has 18 nitrogen and oxygen atoms in total. The Bertz CT molecular complexity index is 1380. The average molecular weight is 811 g/mol. The van der Waals surface area contributed by atoms with Gasteiger partial charge in [-0.15, -0.1) is 0 Å². The van der Waals surface area contributed by atoms with Crippen LogP contribution in [0.3, 0.4) is 0 Å². The highest BCUT2D eigenvalue weighted by Gasteiger charge is 2.40. The van der Waals surface area contributed by atoms with E-state index in [-0.39, 0.29) is 37.6 Å². The van der Waals surface area contributed by atoms with Gasteiger partial charge in [0.2, 0.25) is 35.4 Å². The highest BCUT2D eigenvalue weighted by Crippen LogP contribution is 2.21. The summed E-state index contributed by atoms with van der Waals surface area (Å²) >= 11 is 0. The summed E-state index contributed by atoms with van der Waals surface area (Å²) in [4.78, 5) is 107. The van der Waals surface area contributed by atoms with E-state index in [0.717, 1.165) is 0 Å². The summed E-state index contributed by atoms with van der Waals surface area (Å²) in [7, 11) is 0. The molecule has 0 unspecified atom stereocenters. The van der Waals surface area contributed by atoms with Crippen LogP contribution in [-0.2, 0) is 38.4 Å². The zero-order valence-electron chi connectivity index (χ0n) is 35.1. The van der Waals surface area contributed by atoms with Crippen molar-refractivity contribution in [1.82, 2.24) is 31.5 Å². The smallest absolute Gasteiger partial charge is 0.326 e. The second-order valence-electron chi connectivity index (χ2n) is 16.2. The lowest BCUT2D eigenvalue weighted by Gasteiger charge is -2.31. The number of unbranched alkanes of at least 4 members (excludes halogenated alkanes) is 1. The van der Waals surface area contributed by atoms with Crippen LogP contribution in [0.4, 0.5) is 0 Å². The number of hydrogen-bond donors (Lipinski definition) is 9. The van der Waals surface area contributed by atoms with E-state index in [1.54, 1.807) is 41.5 Å². The van der Waals surface area contributed by atoms with Crippen LogP contribution in [0.15, 0.2) is 0 Å². The second-order valence-corrected chi connectivity index (χ2v) is 16.2. The number of amides is 6. The van der Waals surface area contributed by atoms with Crippen molar-refractivity contribution in [1.29, 1.82) is 0 Å². The van der Waals surface area contributed by atoms with Crippen molar-refractivity contribution >= 4 is 47.4 Å². The molecular formula is C39H70N8O10. The lowest BCUT2D eigenvalue weighted by Crippen LogP contribution is -2.60. The maximum absolute atomic E-state index is 13.9. The van der Waals surface area contributed by atoms with Gasteiger partial charge in [0.1, 0.15) is 36.3 Å². The first kappa shape index (κ1) is 50.7. The number of carboxylic acids is 2. The first-order valence-corrected chi connectivity index (χ1v) is 20.4. The summed E-state index contributed by atoms with van der Waals surface area (Å²) in [5.74, 6) is -7.71. The zero-order chi connectivity index (χ0) is 43.6. The molecule has 1 rings (SSSR count). The largest absolute Gasteiger partial charge is 0.481 e. The fourth-order valence-corrected chi connectivity index (χ4v) is 6.66. The minimum Gasteiger partial charge on any atom is -0.481 e. The van der Waals surface area contributed by atoms with E-state index >= 15 is 0 Å². The lowest BCUT2D eigenvalue weighted by molar-refractivity contribution is -0.144. The molecule has 1 aliphatic heterocycles. The third-order valence-corrected chi connectivity index (χ3v) is 10.4. The molecule has 1 fully saturated rings. The Hall–Kier alpha value is -4.32. The molecule has 1 aliphatic rings. The number of rotatable bonds is 26. The Labute approximate surface area is 337 Å². The quantitative estimate of drug-likeness (QED) is 0.0543. The van der Waals surface area contributed by atoms with Gasteiger partial charge in [-0.05, 0) is 75.2 Å². The average Bonchev–Trinajstić information content (AvgIpc) is 3.63. The molecule has 0 spiro atoms. The minimum absolute atomic E-state index is 0.0772. The van der Waals surface area contributed by atoms with E-state index in [1.165, 1.54) is 4.90 Å².